The lowest BCUT2D eigenvalue weighted by atomic mass is 10.0. The normalized spacial score (nSPS) is 13.8. The van der Waals surface area contributed by atoms with E-state index in [4.69, 9.17) is 9.47 Å². The maximum Gasteiger partial charge on any atom is 0.253 e. The fourth-order valence-corrected chi connectivity index (χ4v) is 3.30. The Balaban J connectivity index is 1.73. The summed E-state index contributed by atoms with van der Waals surface area (Å²) in [7, 11) is 1.66. The van der Waals surface area contributed by atoms with Crippen LogP contribution < -0.4 is 9.64 Å². The van der Waals surface area contributed by atoms with Crippen LogP contribution in [0.3, 0.4) is 0 Å². The van der Waals surface area contributed by atoms with E-state index in [-0.39, 0.29) is 12.5 Å². The smallest absolute Gasteiger partial charge is 0.253 e. The number of nitrogens with zero attached hydrogens (tertiary/aromatic N) is 1. The number of carbonyl (C=O) groups excluding carboxylic acids is 1. The number of hydrogen-bond donors (Lipinski definition) is 0. The molecule has 0 aromatic heterocycles. The second-order valence-corrected chi connectivity index (χ2v) is 6.53. The highest BCUT2D eigenvalue weighted by Crippen LogP contribution is 2.32. The summed E-state index contributed by atoms with van der Waals surface area (Å²) in [5.41, 5.74) is 5.16. The van der Waals surface area contributed by atoms with Crippen LogP contribution >= 0.6 is 0 Å². The van der Waals surface area contributed by atoms with Gasteiger partial charge < -0.3 is 14.4 Å². The number of ether oxygens (including phenoxy) is 2. The molecule has 4 nitrogen and oxygen atoms in total. The maximum atomic E-state index is 12.7. The average Bonchev–Trinajstić information content (AvgIpc) is 2.87. The zero-order valence-electron chi connectivity index (χ0n) is 15.2. The molecule has 0 N–H and O–H groups in total. The van der Waals surface area contributed by atoms with Gasteiger partial charge in [-0.15, -0.1) is 0 Å². The van der Waals surface area contributed by atoms with Gasteiger partial charge in [0.05, 0.1) is 25.9 Å². The lowest BCUT2D eigenvalue weighted by Gasteiger charge is -2.23. The summed E-state index contributed by atoms with van der Waals surface area (Å²) in [6.07, 6.45) is 0. The minimum absolute atomic E-state index is 0.0236. The highest BCUT2D eigenvalue weighted by Gasteiger charge is 2.23. The number of rotatable bonds is 4. The molecule has 1 heterocycles. The number of benzene rings is 3. The second kappa shape index (κ2) is 7.64. The number of fused-ring (bicyclic) bond motifs is 1. The van der Waals surface area contributed by atoms with Crippen molar-refractivity contribution in [1.29, 1.82) is 0 Å². The van der Waals surface area contributed by atoms with E-state index in [1.807, 2.05) is 65.6 Å². The Morgan fingerprint density at radius 2 is 1.67 bits per heavy atom. The molecule has 136 valence electrons. The Labute approximate surface area is 159 Å². The number of anilines is 1. The van der Waals surface area contributed by atoms with Crippen molar-refractivity contribution in [3.8, 4) is 16.9 Å². The summed E-state index contributed by atoms with van der Waals surface area (Å²) in [4.78, 5) is 14.5. The van der Waals surface area contributed by atoms with E-state index >= 15 is 0 Å². The van der Waals surface area contributed by atoms with Crippen molar-refractivity contribution in [2.45, 2.75) is 13.2 Å². The molecule has 4 heteroatoms. The Morgan fingerprint density at radius 3 is 2.41 bits per heavy atom. The molecule has 0 radical (unpaired) electrons. The summed E-state index contributed by atoms with van der Waals surface area (Å²) >= 11 is 0. The van der Waals surface area contributed by atoms with E-state index in [1.165, 1.54) is 0 Å². The third kappa shape index (κ3) is 3.71. The fourth-order valence-electron chi connectivity index (χ4n) is 3.30. The van der Waals surface area contributed by atoms with E-state index < -0.39 is 0 Å². The van der Waals surface area contributed by atoms with Crippen molar-refractivity contribution in [2.24, 2.45) is 0 Å². The first-order valence-electron chi connectivity index (χ1n) is 8.94. The van der Waals surface area contributed by atoms with Crippen LogP contribution in [0, 0.1) is 0 Å². The molecule has 0 saturated carbocycles. The SMILES string of the molecule is COc1ccc(-c2ccc3c(c2)N(Cc2ccccc2)C(=O)COC3)cc1. The average molecular weight is 359 g/mol. The molecule has 3 aromatic carbocycles. The molecule has 1 amide bonds. The summed E-state index contributed by atoms with van der Waals surface area (Å²) in [6.45, 7) is 1.07. The van der Waals surface area contributed by atoms with Gasteiger partial charge in [-0.2, -0.15) is 0 Å². The molecular weight excluding hydrogens is 338 g/mol. The lowest BCUT2D eigenvalue weighted by Crippen LogP contribution is -2.32. The zero-order valence-corrected chi connectivity index (χ0v) is 15.2. The largest absolute Gasteiger partial charge is 0.497 e. The van der Waals surface area contributed by atoms with Gasteiger partial charge in [0.15, 0.2) is 0 Å². The number of amides is 1. The van der Waals surface area contributed by atoms with Crippen LogP contribution in [0.2, 0.25) is 0 Å². The van der Waals surface area contributed by atoms with Gasteiger partial charge in [0.25, 0.3) is 5.91 Å². The first-order chi connectivity index (χ1) is 13.2. The highest BCUT2D eigenvalue weighted by atomic mass is 16.5. The van der Waals surface area contributed by atoms with Gasteiger partial charge in [-0.3, -0.25) is 4.79 Å². The van der Waals surface area contributed by atoms with Crippen molar-refractivity contribution in [3.05, 3.63) is 83.9 Å². The van der Waals surface area contributed by atoms with Gasteiger partial charge in [0, 0.05) is 5.56 Å². The molecule has 0 saturated heterocycles. The Bertz CT molecular complexity index is 936. The number of carbonyl (C=O) groups is 1. The van der Waals surface area contributed by atoms with Crippen LogP contribution in [0.5, 0.6) is 5.75 Å². The van der Waals surface area contributed by atoms with Crippen molar-refractivity contribution >= 4 is 11.6 Å². The van der Waals surface area contributed by atoms with Gasteiger partial charge in [0.1, 0.15) is 12.4 Å². The first-order valence-corrected chi connectivity index (χ1v) is 8.94. The zero-order chi connectivity index (χ0) is 18.6. The van der Waals surface area contributed by atoms with Crippen LogP contribution in [0.1, 0.15) is 11.1 Å². The van der Waals surface area contributed by atoms with E-state index in [2.05, 4.69) is 12.1 Å². The quantitative estimate of drug-likeness (QED) is 0.692. The van der Waals surface area contributed by atoms with E-state index in [0.29, 0.717) is 13.2 Å². The Kier molecular flexibility index (Phi) is 4.90. The summed E-state index contributed by atoms with van der Waals surface area (Å²) in [6, 6.07) is 24.1. The van der Waals surface area contributed by atoms with Crippen molar-refractivity contribution in [2.75, 3.05) is 18.6 Å². The third-order valence-electron chi connectivity index (χ3n) is 4.77. The van der Waals surface area contributed by atoms with Crippen LogP contribution in [0.15, 0.2) is 72.8 Å². The molecular formula is C23H21NO3. The fraction of sp³-hybridized carbons (Fsp3) is 0.174. The molecule has 27 heavy (non-hydrogen) atoms. The summed E-state index contributed by atoms with van der Waals surface area (Å²) < 4.78 is 10.8. The molecule has 0 bridgehead atoms. The predicted molar refractivity (Wildman–Crippen MR) is 106 cm³/mol. The van der Waals surface area contributed by atoms with Crippen molar-refractivity contribution in [1.82, 2.24) is 0 Å². The molecule has 4 rings (SSSR count). The molecule has 0 aliphatic carbocycles. The van der Waals surface area contributed by atoms with Gasteiger partial charge in [-0.05, 0) is 34.9 Å². The van der Waals surface area contributed by atoms with Gasteiger partial charge in [-0.25, -0.2) is 0 Å². The molecule has 0 spiro atoms. The minimum atomic E-state index is -0.0236. The number of methoxy groups -OCH3 is 1. The van der Waals surface area contributed by atoms with Crippen LogP contribution in [0.25, 0.3) is 11.1 Å². The maximum absolute atomic E-state index is 12.7. The molecule has 1 aliphatic heterocycles. The van der Waals surface area contributed by atoms with E-state index in [1.54, 1.807) is 7.11 Å². The number of hydrogen-bond acceptors (Lipinski definition) is 3. The van der Waals surface area contributed by atoms with Crippen LogP contribution in [-0.2, 0) is 22.7 Å². The van der Waals surface area contributed by atoms with Gasteiger partial charge >= 0.3 is 0 Å². The molecule has 1 aliphatic rings. The Morgan fingerprint density at radius 1 is 0.926 bits per heavy atom. The van der Waals surface area contributed by atoms with Crippen LogP contribution in [-0.4, -0.2) is 19.6 Å². The van der Waals surface area contributed by atoms with Gasteiger partial charge in [-0.1, -0.05) is 54.6 Å². The Hall–Kier alpha value is -3.11. The standard InChI is InChI=1S/C23H21NO3/c1-26-21-11-9-18(10-12-21)19-7-8-20-15-27-16-23(25)24(22(20)13-19)14-17-5-3-2-4-6-17/h2-13H,14-16H2,1H3. The summed E-state index contributed by atoms with van der Waals surface area (Å²) in [5.74, 6) is 0.798. The predicted octanol–water partition coefficient (Wildman–Crippen LogP) is 4.43. The highest BCUT2D eigenvalue weighted by molar-refractivity contribution is 5.96. The minimum Gasteiger partial charge on any atom is -0.497 e. The first kappa shape index (κ1) is 17.3. The molecule has 0 fully saturated rings. The lowest BCUT2D eigenvalue weighted by molar-refractivity contribution is -0.123. The second-order valence-electron chi connectivity index (χ2n) is 6.53. The topological polar surface area (TPSA) is 38.8 Å². The molecule has 3 aromatic rings. The third-order valence-corrected chi connectivity index (χ3v) is 4.77. The summed E-state index contributed by atoms with van der Waals surface area (Å²) in [5, 5.41) is 0. The van der Waals surface area contributed by atoms with E-state index in [0.717, 1.165) is 33.7 Å². The van der Waals surface area contributed by atoms with Gasteiger partial charge in [0.2, 0.25) is 0 Å². The molecule has 0 unspecified atom stereocenters. The van der Waals surface area contributed by atoms with Crippen molar-refractivity contribution in [3.63, 3.8) is 0 Å². The van der Waals surface area contributed by atoms with Crippen LogP contribution in [0.4, 0.5) is 5.69 Å². The molecule has 0 atom stereocenters. The van der Waals surface area contributed by atoms with Crippen molar-refractivity contribution < 1.29 is 14.3 Å². The van der Waals surface area contributed by atoms with E-state index in [9.17, 15) is 4.79 Å². The monoisotopic (exact) mass is 359 g/mol.